The highest BCUT2D eigenvalue weighted by molar-refractivity contribution is 9.10. The lowest BCUT2D eigenvalue weighted by atomic mass is 10.2. The van der Waals surface area contributed by atoms with Crippen LogP contribution in [0.15, 0.2) is 51.8 Å². The van der Waals surface area contributed by atoms with Gasteiger partial charge in [0.05, 0.1) is 4.90 Å². The number of nitrogens with one attached hydrogen (secondary N) is 1. The van der Waals surface area contributed by atoms with Crippen LogP contribution in [0.3, 0.4) is 0 Å². The van der Waals surface area contributed by atoms with Gasteiger partial charge in [-0.1, -0.05) is 18.2 Å². The molecule has 0 aliphatic carbocycles. The Labute approximate surface area is 148 Å². The fraction of sp³-hybridized carbons (Fsp3) is 0.188. The molecule has 0 radical (unpaired) electrons. The van der Waals surface area contributed by atoms with Crippen LogP contribution in [0.5, 0.6) is 0 Å². The minimum absolute atomic E-state index is 0.00829. The van der Waals surface area contributed by atoms with E-state index in [1.165, 1.54) is 38.4 Å². The Morgan fingerprint density at radius 2 is 1.88 bits per heavy atom. The second kappa shape index (κ2) is 7.42. The number of halogens is 2. The summed E-state index contributed by atoms with van der Waals surface area (Å²) in [5.74, 6) is -0.898. The van der Waals surface area contributed by atoms with Gasteiger partial charge in [0.15, 0.2) is 0 Å². The van der Waals surface area contributed by atoms with Crippen LogP contribution in [0.2, 0.25) is 0 Å². The third-order valence-corrected chi connectivity index (χ3v) is 6.16. The van der Waals surface area contributed by atoms with Crippen molar-refractivity contribution in [3.8, 4) is 0 Å². The fourth-order valence-corrected chi connectivity index (χ4v) is 3.80. The molecule has 0 aliphatic heterocycles. The fourth-order valence-electron chi connectivity index (χ4n) is 1.96. The number of amides is 1. The van der Waals surface area contributed by atoms with Crippen molar-refractivity contribution in [2.45, 2.75) is 11.4 Å². The summed E-state index contributed by atoms with van der Waals surface area (Å²) in [5, 5.41) is 2.58. The maximum absolute atomic E-state index is 13.6. The average molecular weight is 415 g/mol. The van der Waals surface area contributed by atoms with Crippen LogP contribution in [0.1, 0.15) is 15.9 Å². The van der Waals surface area contributed by atoms with Crippen molar-refractivity contribution >= 4 is 31.9 Å². The molecule has 0 saturated heterocycles. The summed E-state index contributed by atoms with van der Waals surface area (Å²) in [5.41, 5.74) is 0.527. The van der Waals surface area contributed by atoms with Crippen molar-refractivity contribution in [3.05, 3.63) is 63.9 Å². The van der Waals surface area contributed by atoms with Gasteiger partial charge >= 0.3 is 0 Å². The zero-order chi connectivity index (χ0) is 17.9. The molecule has 0 heterocycles. The Bertz CT molecular complexity index is 869. The predicted molar refractivity (Wildman–Crippen MR) is 92.6 cm³/mol. The topological polar surface area (TPSA) is 66.5 Å². The van der Waals surface area contributed by atoms with Crippen LogP contribution in [0, 0.1) is 5.82 Å². The molecule has 24 heavy (non-hydrogen) atoms. The van der Waals surface area contributed by atoms with E-state index in [9.17, 15) is 17.6 Å². The summed E-state index contributed by atoms with van der Waals surface area (Å²) in [6.07, 6.45) is 0. The molecule has 0 aliphatic rings. The third kappa shape index (κ3) is 4.00. The van der Waals surface area contributed by atoms with E-state index in [1.807, 2.05) is 0 Å². The maximum Gasteiger partial charge on any atom is 0.251 e. The predicted octanol–water partition coefficient (Wildman–Crippen LogP) is 2.77. The summed E-state index contributed by atoms with van der Waals surface area (Å²) in [6, 6.07) is 10.4. The van der Waals surface area contributed by atoms with E-state index in [4.69, 9.17) is 0 Å². The highest BCUT2D eigenvalue weighted by Crippen LogP contribution is 2.25. The molecule has 0 atom stereocenters. The number of hydrogen-bond donors (Lipinski definition) is 1. The first-order chi connectivity index (χ1) is 11.2. The summed E-state index contributed by atoms with van der Waals surface area (Å²) in [7, 11) is -0.872. The van der Waals surface area contributed by atoms with Gasteiger partial charge in [0.1, 0.15) is 5.82 Å². The number of carbonyl (C=O) groups excluding carboxylic acids is 1. The standard InChI is InChI=1S/C16H16BrFN2O3S/c1-20(2)24(22,23)15-9-11(7-8-13(15)17)16(21)19-10-12-5-3-4-6-14(12)18/h3-9H,10H2,1-2H3,(H,19,21). The first-order valence-electron chi connectivity index (χ1n) is 6.97. The molecule has 0 saturated carbocycles. The van der Waals surface area contributed by atoms with Gasteiger partial charge in [0.25, 0.3) is 5.91 Å². The van der Waals surface area contributed by atoms with Crippen LogP contribution in [-0.2, 0) is 16.6 Å². The summed E-state index contributed by atoms with van der Waals surface area (Å²) in [6.45, 7) is 0.0112. The van der Waals surface area contributed by atoms with Crippen molar-refractivity contribution in [2.75, 3.05) is 14.1 Å². The van der Waals surface area contributed by atoms with Crippen LogP contribution in [0.25, 0.3) is 0 Å². The molecule has 0 unspecified atom stereocenters. The summed E-state index contributed by atoms with van der Waals surface area (Å²) in [4.78, 5) is 12.2. The Kier molecular flexibility index (Phi) is 5.74. The van der Waals surface area contributed by atoms with Crippen LogP contribution >= 0.6 is 15.9 Å². The van der Waals surface area contributed by atoms with Crippen LogP contribution in [-0.4, -0.2) is 32.7 Å². The molecule has 0 aromatic heterocycles. The van der Waals surface area contributed by atoms with Crippen molar-refractivity contribution in [1.82, 2.24) is 9.62 Å². The van der Waals surface area contributed by atoms with Gasteiger partial charge < -0.3 is 5.32 Å². The Hall–Kier alpha value is -1.77. The highest BCUT2D eigenvalue weighted by Gasteiger charge is 2.22. The minimum atomic E-state index is -3.69. The zero-order valence-electron chi connectivity index (χ0n) is 13.1. The van der Waals surface area contributed by atoms with E-state index in [2.05, 4.69) is 21.2 Å². The van der Waals surface area contributed by atoms with Crippen molar-refractivity contribution in [2.24, 2.45) is 0 Å². The van der Waals surface area contributed by atoms with E-state index in [-0.39, 0.29) is 17.0 Å². The minimum Gasteiger partial charge on any atom is -0.348 e. The van der Waals surface area contributed by atoms with E-state index < -0.39 is 21.7 Å². The molecule has 2 aromatic carbocycles. The number of hydrogen-bond acceptors (Lipinski definition) is 3. The second-order valence-electron chi connectivity index (χ2n) is 5.21. The number of rotatable bonds is 5. The molecule has 5 nitrogen and oxygen atoms in total. The SMILES string of the molecule is CN(C)S(=O)(=O)c1cc(C(=O)NCc2ccccc2F)ccc1Br. The maximum atomic E-state index is 13.6. The van der Waals surface area contributed by atoms with Gasteiger partial charge in [0.2, 0.25) is 10.0 Å². The normalized spacial score (nSPS) is 11.5. The molecule has 2 rings (SSSR count). The number of nitrogens with zero attached hydrogens (tertiary/aromatic N) is 1. The average Bonchev–Trinajstić information content (AvgIpc) is 2.54. The molecule has 128 valence electrons. The quantitative estimate of drug-likeness (QED) is 0.817. The van der Waals surface area contributed by atoms with E-state index in [0.29, 0.717) is 10.0 Å². The van der Waals surface area contributed by atoms with Crippen molar-refractivity contribution in [1.29, 1.82) is 0 Å². The lowest BCUT2D eigenvalue weighted by Gasteiger charge is -2.14. The van der Waals surface area contributed by atoms with Gasteiger partial charge in [0, 0.05) is 36.2 Å². The smallest absolute Gasteiger partial charge is 0.251 e. The highest BCUT2D eigenvalue weighted by atomic mass is 79.9. The van der Waals surface area contributed by atoms with Gasteiger partial charge in [-0.3, -0.25) is 4.79 Å². The number of sulfonamides is 1. The lowest BCUT2D eigenvalue weighted by Crippen LogP contribution is -2.25. The van der Waals surface area contributed by atoms with E-state index in [0.717, 1.165) is 4.31 Å². The number of carbonyl (C=O) groups is 1. The molecular weight excluding hydrogens is 399 g/mol. The van der Waals surface area contributed by atoms with Gasteiger partial charge in [-0.15, -0.1) is 0 Å². The Balaban J connectivity index is 2.23. The monoisotopic (exact) mass is 414 g/mol. The van der Waals surface area contributed by atoms with Crippen LogP contribution in [0.4, 0.5) is 4.39 Å². The van der Waals surface area contributed by atoms with Gasteiger partial charge in [-0.2, -0.15) is 0 Å². The second-order valence-corrected chi connectivity index (χ2v) is 8.18. The molecule has 1 N–H and O–H groups in total. The summed E-state index contributed by atoms with van der Waals surface area (Å²) < 4.78 is 39.5. The number of benzene rings is 2. The van der Waals surface area contributed by atoms with Crippen molar-refractivity contribution < 1.29 is 17.6 Å². The zero-order valence-corrected chi connectivity index (χ0v) is 15.5. The first-order valence-corrected chi connectivity index (χ1v) is 9.20. The van der Waals surface area contributed by atoms with E-state index in [1.54, 1.807) is 18.2 Å². The Morgan fingerprint density at radius 1 is 1.21 bits per heavy atom. The van der Waals surface area contributed by atoms with Crippen LogP contribution < -0.4 is 5.32 Å². The molecule has 8 heteroatoms. The molecule has 2 aromatic rings. The molecule has 0 fully saturated rings. The van der Waals surface area contributed by atoms with Gasteiger partial charge in [-0.25, -0.2) is 17.1 Å². The molecule has 1 amide bonds. The van der Waals surface area contributed by atoms with Crippen molar-refractivity contribution in [3.63, 3.8) is 0 Å². The van der Waals surface area contributed by atoms with E-state index >= 15 is 0 Å². The Morgan fingerprint density at radius 3 is 2.50 bits per heavy atom. The summed E-state index contributed by atoms with van der Waals surface area (Å²) >= 11 is 3.18. The van der Waals surface area contributed by atoms with Gasteiger partial charge in [-0.05, 0) is 40.2 Å². The largest absolute Gasteiger partial charge is 0.348 e. The third-order valence-electron chi connectivity index (χ3n) is 3.35. The molecule has 0 spiro atoms. The molecular formula is C16H16BrFN2O3S. The molecule has 0 bridgehead atoms. The lowest BCUT2D eigenvalue weighted by molar-refractivity contribution is 0.0950. The first kappa shape index (κ1) is 18.6.